The van der Waals surface area contributed by atoms with Crippen molar-refractivity contribution in [2.24, 2.45) is 11.8 Å². The van der Waals surface area contributed by atoms with Gasteiger partial charge in [0, 0.05) is 24.4 Å². The van der Waals surface area contributed by atoms with Gasteiger partial charge in [0.1, 0.15) is 5.75 Å². The van der Waals surface area contributed by atoms with Crippen LogP contribution >= 0.6 is 0 Å². The molecule has 1 fully saturated rings. The van der Waals surface area contributed by atoms with Crippen molar-refractivity contribution in [2.75, 3.05) is 0 Å². The van der Waals surface area contributed by atoms with E-state index in [9.17, 15) is 15.0 Å². The van der Waals surface area contributed by atoms with Crippen molar-refractivity contribution in [2.45, 2.75) is 77.4 Å². The zero-order chi connectivity index (χ0) is 18.4. The number of carboxylic acids is 1. The van der Waals surface area contributed by atoms with Crippen LogP contribution in [0, 0.1) is 11.8 Å². The maximum Gasteiger partial charge on any atom is 0.336 e. The van der Waals surface area contributed by atoms with E-state index in [1.54, 1.807) is 18.3 Å². The number of aromatic nitrogens is 1. The fourth-order valence-electron chi connectivity index (χ4n) is 3.26. The Morgan fingerprint density at radius 1 is 1.36 bits per heavy atom. The minimum absolute atomic E-state index is 0.00600. The van der Waals surface area contributed by atoms with Crippen molar-refractivity contribution in [3.63, 3.8) is 0 Å². The van der Waals surface area contributed by atoms with E-state index in [1.165, 1.54) is 12.8 Å². The second-order valence-corrected chi connectivity index (χ2v) is 7.93. The molecule has 1 unspecified atom stereocenters. The predicted octanol–water partition coefficient (Wildman–Crippen LogP) is 3.83. The van der Waals surface area contributed by atoms with Gasteiger partial charge < -0.3 is 14.9 Å². The molecule has 25 heavy (non-hydrogen) atoms. The lowest BCUT2D eigenvalue weighted by Crippen LogP contribution is -2.41. The number of ether oxygens (including phenoxy) is 1. The first-order valence-corrected chi connectivity index (χ1v) is 9.36. The van der Waals surface area contributed by atoms with Crippen molar-refractivity contribution in [1.29, 1.82) is 0 Å². The lowest BCUT2D eigenvalue weighted by molar-refractivity contribution is -0.159. The number of pyridine rings is 1. The Kier molecular flexibility index (Phi) is 6.82. The Morgan fingerprint density at radius 3 is 2.64 bits per heavy atom. The van der Waals surface area contributed by atoms with Gasteiger partial charge in [-0.1, -0.05) is 20.8 Å². The lowest BCUT2D eigenvalue weighted by atomic mass is 9.88. The molecular weight excluding hydrogens is 318 g/mol. The minimum Gasteiger partial charge on any atom is -0.490 e. The number of aliphatic hydroxyl groups is 1. The molecule has 0 spiro atoms. The van der Waals surface area contributed by atoms with Crippen LogP contribution in [0.1, 0.15) is 65.0 Å². The van der Waals surface area contributed by atoms with Gasteiger partial charge in [0.15, 0.2) is 5.60 Å². The monoisotopic (exact) mass is 349 g/mol. The van der Waals surface area contributed by atoms with Crippen LogP contribution in [-0.2, 0) is 11.2 Å². The highest BCUT2D eigenvalue weighted by Crippen LogP contribution is 2.28. The fraction of sp³-hybridized carbons (Fsp3) is 0.700. The van der Waals surface area contributed by atoms with E-state index in [0.29, 0.717) is 23.8 Å². The van der Waals surface area contributed by atoms with Crippen molar-refractivity contribution in [3.05, 3.63) is 24.0 Å². The molecule has 1 aromatic heterocycles. The molecule has 1 aliphatic rings. The van der Waals surface area contributed by atoms with Crippen LogP contribution in [0.15, 0.2) is 18.3 Å². The largest absolute Gasteiger partial charge is 0.490 e. The second kappa shape index (κ2) is 8.65. The average Bonchev–Trinajstić information content (AvgIpc) is 2.55. The van der Waals surface area contributed by atoms with E-state index in [4.69, 9.17) is 4.74 Å². The van der Waals surface area contributed by atoms with E-state index in [-0.39, 0.29) is 18.9 Å². The topological polar surface area (TPSA) is 79.7 Å². The summed E-state index contributed by atoms with van der Waals surface area (Å²) in [4.78, 5) is 15.8. The van der Waals surface area contributed by atoms with E-state index < -0.39 is 11.6 Å². The maximum absolute atomic E-state index is 11.6. The second-order valence-electron chi connectivity index (χ2n) is 7.93. The normalized spacial score (nSPS) is 23.2. The molecule has 1 aliphatic carbocycles. The molecule has 1 heterocycles. The summed E-state index contributed by atoms with van der Waals surface area (Å²) in [6.07, 6.45) is 7.15. The number of carbonyl (C=O) groups is 1. The molecule has 0 saturated heterocycles. The Morgan fingerprint density at radius 2 is 2.04 bits per heavy atom. The molecule has 5 nitrogen and oxygen atoms in total. The van der Waals surface area contributed by atoms with E-state index in [0.717, 1.165) is 18.8 Å². The molecule has 1 atom stereocenters. The first-order valence-electron chi connectivity index (χ1n) is 9.36. The highest BCUT2D eigenvalue weighted by molar-refractivity contribution is 5.77. The number of carboxylic acid groups (broad SMARTS) is 1. The number of hydrogen-bond acceptors (Lipinski definition) is 4. The molecule has 1 saturated carbocycles. The average molecular weight is 349 g/mol. The maximum atomic E-state index is 11.6. The lowest BCUT2D eigenvalue weighted by Gasteiger charge is -2.27. The molecule has 0 amide bonds. The smallest absolute Gasteiger partial charge is 0.336 e. The number of hydrogen-bond donors (Lipinski definition) is 2. The number of nitrogens with zero attached hydrogens (tertiary/aromatic N) is 1. The van der Waals surface area contributed by atoms with Crippen molar-refractivity contribution in [1.82, 2.24) is 4.98 Å². The van der Waals surface area contributed by atoms with Crippen LogP contribution in [0.3, 0.4) is 0 Å². The summed E-state index contributed by atoms with van der Waals surface area (Å²) in [5.41, 5.74) is -1.23. The zero-order valence-electron chi connectivity index (χ0n) is 15.6. The summed E-state index contributed by atoms with van der Waals surface area (Å²) in [6, 6.07) is 3.57. The number of aliphatic carboxylic acids is 1. The molecule has 1 aromatic rings. The molecule has 0 bridgehead atoms. The molecule has 0 radical (unpaired) electrons. The van der Waals surface area contributed by atoms with Crippen LogP contribution in [0.4, 0.5) is 0 Å². The van der Waals surface area contributed by atoms with Crippen molar-refractivity contribution < 1.29 is 19.7 Å². The molecule has 0 aliphatic heterocycles. The molecule has 2 rings (SSSR count). The summed E-state index contributed by atoms with van der Waals surface area (Å²) in [5, 5.41) is 20.0. The summed E-state index contributed by atoms with van der Waals surface area (Å²) < 4.78 is 6.05. The van der Waals surface area contributed by atoms with Gasteiger partial charge in [0.2, 0.25) is 0 Å². The van der Waals surface area contributed by atoms with Gasteiger partial charge >= 0.3 is 5.97 Å². The quantitative estimate of drug-likeness (QED) is 0.745. The van der Waals surface area contributed by atoms with E-state index >= 15 is 0 Å². The van der Waals surface area contributed by atoms with Crippen LogP contribution in [0.5, 0.6) is 5.75 Å². The van der Waals surface area contributed by atoms with Crippen LogP contribution in [0.25, 0.3) is 0 Å². The Balaban J connectivity index is 2.02. The first-order chi connectivity index (χ1) is 11.8. The van der Waals surface area contributed by atoms with Gasteiger partial charge in [-0.25, -0.2) is 4.79 Å². The minimum atomic E-state index is -1.78. The van der Waals surface area contributed by atoms with Gasteiger partial charge in [-0.15, -0.1) is 0 Å². The van der Waals surface area contributed by atoms with E-state index in [1.807, 2.05) is 13.8 Å². The summed E-state index contributed by atoms with van der Waals surface area (Å²) >= 11 is 0. The first kappa shape index (κ1) is 19.7. The Bertz CT molecular complexity index is 567. The van der Waals surface area contributed by atoms with Gasteiger partial charge in [0.25, 0.3) is 0 Å². The molecule has 2 N–H and O–H groups in total. The third kappa shape index (κ3) is 5.99. The van der Waals surface area contributed by atoms with Crippen molar-refractivity contribution >= 4 is 5.97 Å². The summed E-state index contributed by atoms with van der Waals surface area (Å²) in [7, 11) is 0. The third-order valence-electron chi connectivity index (χ3n) is 5.06. The Hall–Kier alpha value is -1.62. The summed E-state index contributed by atoms with van der Waals surface area (Å²) in [5.74, 6) is 0.616. The van der Waals surface area contributed by atoms with Gasteiger partial charge in [-0.05, 0) is 56.4 Å². The fourth-order valence-corrected chi connectivity index (χ4v) is 3.26. The predicted molar refractivity (Wildman–Crippen MR) is 96.6 cm³/mol. The molecule has 140 valence electrons. The number of rotatable bonds is 8. The van der Waals surface area contributed by atoms with Crippen molar-refractivity contribution in [3.8, 4) is 5.75 Å². The molecule has 5 heteroatoms. The molecular formula is C20H31NO4. The third-order valence-corrected chi connectivity index (χ3v) is 5.06. The standard InChI is InChI=1S/C20H31NO4/c1-14(2)8-10-20(24,19(22)23)13-16-12-18(9-11-21-16)25-17-6-4-15(3)5-7-17/h9,11-12,14-15,17,24H,4-8,10,13H2,1-3H3,(H,22,23). The van der Waals surface area contributed by atoms with Gasteiger partial charge in [0.05, 0.1) is 6.10 Å². The summed E-state index contributed by atoms with van der Waals surface area (Å²) in [6.45, 7) is 6.30. The Labute approximate surface area is 150 Å². The molecule has 0 aromatic carbocycles. The van der Waals surface area contributed by atoms with Crippen LogP contribution in [0.2, 0.25) is 0 Å². The zero-order valence-corrected chi connectivity index (χ0v) is 15.6. The van der Waals surface area contributed by atoms with Crippen LogP contribution < -0.4 is 4.74 Å². The highest BCUT2D eigenvalue weighted by atomic mass is 16.5. The van der Waals surface area contributed by atoms with Gasteiger partial charge in [-0.3, -0.25) is 4.98 Å². The highest BCUT2D eigenvalue weighted by Gasteiger charge is 2.36. The van der Waals surface area contributed by atoms with Gasteiger partial charge in [-0.2, -0.15) is 0 Å². The van der Waals surface area contributed by atoms with Crippen LogP contribution in [-0.4, -0.2) is 32.9 Å². The SMILES string of the molecule is CC(C)CCC(O)(Cc1cc(OC2CCC(C)CC2)ccn1)C(=O)O. The van der Waals surface area contributed by atoms with E-state index in [2.05, 4.69) is 11.9 Å².